The van der Waals surface area contributed by atoms with Crippen molar-refractivity contribution in [2.24, 2.45) is 0 Å². The fraction of sp³-hybridized carbons (Fsp3) is 0.333. The third kappa shape index (κ3) is 4.22. The standard InChI is InChI=1S/C24H25N5O4S/c1-3-16-7-4-6-15(2)19(16)25-18(30)14-29-23(31)21-22(20(27-29)17-8-5-11-33-17)34-24(26-21)28-9-12-32-13-10-28/h4-8,11H,3,9-10,12-14H2,1-2H3,(H,25,30). The second-order valence-electron chi connectivity index (χ2n) is 8.07. The van der Waals surface area contributed by atoms with Crippen molar-refractivity contribution in [3.63, 3.8) is 0 Å². The van der Waals surface area contributed by atoms with Crippen LogP contribution in [0.4, 0.5) is 10.8 Å². The first kappa shape index (κ1) is 22.3. The average molecular weight is 480 g/mol. The number of para-hydroxylation sites is 1. The molecule has 0 saturated carbocycles. The zero-order valence-corrected chi connectivity index (χ0v) is 19.9. The molecule has 1 aliphatic rings. The van der Waals surface area contributed by atoms with Gasteiger partial charge in [0.1, 0.15) is 12.2 Å². The smallest absolute Gasteiger partial charge is 0.294 e. The fourth-order valence-corrected chi connectivity index (χ4v) is 5.14. The molecular formula is C24H25N5O4S. The number of aromatic nitrogens is 3. The number of hydrogen-bond acceptors (Lipinski definition) is 8. The zero-order valence-electron chi connectivity index (χ0n) is 19.0. The number of amides is 1. The maximum atomic E-state index is 13.3. The summed E-state index contributed by atoms with van der Waals surface area (Å²) in [7, 11) is 0. The summed E-state index contributed by atoms with van der Waals surface area (Å²) in [5.41, 5.74) is 3.15. The molecular weight excluding hydrogens is 454 g/mol. The molecule has 1 aliphatic heterocycles. The van der Waals surface area contributed by atoms with Crippen LogP contribution in [0.3, 0.4) is 0 Å². The van der Waals surface area contributed by atoms with E-state index < -0.39 is 5.56 Å². The minimum Gasteiger partial charge on any atom is -0.463 e. The minimum absolute atomic E-state index is 0.232. The van der Waals surface area contributed by atoms with Gasteiger partial charge in [-0.1, -0.05) is 36.5 Å². The monoisotopic (exact) mass is 479 g/mol. The first-order chi connectivity index (χ1) is 16.5. The van der Waals surface area contributed by atoms with Crippen molar-refractivity contribution in [3.8, 4) is 11.5 Å². The van der Waals surface area contributed by atoms with Crippen molar-refractivity contribution in [2.45, 2.75) is 26.8 Å². The Bertz CT molecular complexity index is 1390. The number of fused-ring (bicyclic) bond motifs is 1. The first-order valence-corrected chi connectivity index (χ1v) is 12.0. The molecule has 5 rings (SSSR count). The van der Waals surface area contributed by atoms with E-state index in [0.29, 0.717) is 42.5 Å². The molecule has 0 atom stereocenters. The van der Waals surface area contributed by atoms with Crippen LogP contribution in [-0.2, 0) is 22.5 Å². The molecule has 3 aromatic heterocycles. The molecule has 1 N–H and O–H groups in total. The van der Waals surface area contributed by atoms with E-state index >= 15 is 0 Å². The molecule has 0 spiro atoms. The highest BCUT2D eigenvalue weighted by Gasteiger charge is 2.23. The Labute approximate surface area is 200 Å². The number of furan rings is 1. The van der Waals surface area contributed by atoms with E-state index in [0.717, 1.165) is 28.4 Å². The van der Waals surface area contributed by atoms with Crippen LogP contribution in [0.1, 0.15) is 18.1 Å². The number of benzene rings is 1. The van der Waals surface area contributed by atoms with E-state index in [9.17, 15) is 9.59 Å². The predicted octanol–water partition coefficient (Wildman–Crippen LogP) is 3.46. The van der Waals surface area contributed by atoms with Gasteiger partial charge in [0.15, 0.2) is 16.4 Å². The molecule has 0 radical (unpaired) electrons. The molecule has 4 heterocycles. The Morgan fingerprint density at radius 2 is 2.03 bits per heavy atom. The van der Waals surface area contributed by atoms with E-state index in [4.69, 9.17) is 9.15 Å². The number of carbonyl (C=O) groups is 1. The van der Waals surface area contributed by atoms with Gasteiger partial charge in [-0.15, -0.1) is 0 Å². The predicted molar refractivity (Wildman–Crippen MR) is 132 cm³/mol. The lowest BCUT2D eigenvalue weighted by Crippen LogP contribution is -2.36. The van der Waals surface area contributed by atoms with Gasteiger partial charge >= 0.3 is 0 Å². The number of morpholine rings is 1. The van der Waals surface area contributed by atoms with Gasteiger partial charge in [0.05, 0.1) is 24.2 Å². The van der Waals surface area contributed by atoms with Gasteiger partial charge < -0.3 is 19.4 Å². The minimum atomic E-state index is -0.406. The lowest BCUT2D eigenvalue weighted by Gasteiger charge is -2.25. The largest absolute Gasteiger partial charge is 0.463 e. The quantitative estimate of drug-likeness (QED) is 0.452. The molecule has 4 aromatic rings. The summed E-state index contributed by atoms with van der Waals surface area (Å²) in [5.74, 6) is 0.190. The van der Waals surface area contributed by atoms with Crippen molar-refractivity contribution in [3.05, 3.63) is 58.1 Å². The van der Waals surface area contributed by atoms with Crippen LogP contribution in [0.25, 0.3) is 21.7 Å². The van der Waals surface area contributed by atoms with Crippen LogP contribution in [0.5, 0.6) is 0 Å². The van der Waals surface area contributed by atoms with E-state index in [2.05, 4.69) is 20.3 Å². The van der Waals surface area contributed by atoms with Crippen LogP contribution in [0.15, 0.2) is 45.8 Å². The lowest BCUT2D eigenvalue weighted by molar-refractivity contribution is -0.117. The molecule has 34 heavy (non-hydrogen) atoms. The van der Waals surface area contributed by atoms with Gasteiger partial charge in [0, 0.05) is 18.8 Å². The molecule has 1 aromatic carbocycles. The third-order valence-electron chi connectivity index (χ3n) is 5.82. The van der Waals surface area contributed by atoms with E-state index in [1.165, 1.54) is 16.0 Å². The number of nitrogens with one attached hydrogen (secondary N) is 1. The number of hydrogen-bond donors (Lipinski definition) is 1. The number of ether oxygens (including phenoxy) is 1. The fourth-order valence-electron chi connectivity index (χ4n) is 4.04. The van der Waals surface area contributed by atoms with Crippen LogP contribution in [0, 0.1) is 6.92 Å². The summed E-state index contributed by atoms with van der Waals surface area (Å²) in [6, 6.07) is 9.44. The van der Waals surface area contributed by atoms with Gasteiger partial charge in [0.2, 0.25) is 5.91 Å². The van der Waals surface area contributed by atoms with Gasteiger partial charge in [-0.2, -0.15) is 5.10 Å². The maximum absolute atomic E-state index is 13.3. The van der Waals surface area contributed by atoms with Gasteiger partial charge in [0.25, 0.3) is 5.56 Å². The average Bonchev–Trinajstić information content (AvgIpc) is 3.54. The van der Waals surface area contributed by atoms with Crippen molar-refractivity contribution in [1.82, 2.24) is 14.8 Å². The second kappa shape index (κ2) is 9.40. The number of carbonyl (C=O) groups excluding carboxylic acids is 1. The first-order valence-electron chi connectivity index (χ1n) is 11.2. The number of nitrogens with zero attached hydrogens (tertiary/aromatic N) is 4. The Morgan fingerprint density at radius 3 is 2.76 bits per heavy atom. The molecule has 0 aliphatic carbocycles. The Balaban J connectivity index is 1.53. The maximum Gasteiger partial charge on any atom is 0.294 e. The van der Waals surface area contributed by atoms with Gasteiger partial charge in [-0.3, -0.25) is 9.59 Å². The summed E-state index contributed by atoms with van der Waals surface area (Å²) in [6.07, 6.45) is 2.34. The molecule has 10 heteroatoms. The van der Waals surface area contributed by atoms with Crippen LogP contribution >= 0.6 is 11.3 Å². The summed E-state index contributed by atoms with van der Waals surface area (Å²) in [4.78, 5) is 33.0. The molecule has 0 bridgehead atoms. The summed E-state index contributed by atoms with van der Waals surface area (Å²) in [5, 5.41) is 8.22. The highest BCUT2D eigenvalue weighted by molar-refractivity contribution is 7.22. The van der Waals surface area contributed by atoms with Crippen molar-refractivity contribution < 1.29 is 13.9 Å². The number of anilines is 2. The van der Waals surface area contributed by atoms with Crippen LogP contribution < -0.4 is 15.8 Å². The van der Waals surface area contributed by atoms with Gasteiger partial charge in [-0.25, -0.2) is 9.67 Å². The lowest BCUT2D eigenvalue weighted by atomic mass is 10.1. The summed E-state index contributed by atoms with van der Waals surface area (Å²) in [6.45, 7) is 6.39. The number of thiazole rings is 1. The molecule has 0 unspecified atom stereocenters. The normalized spacial score (nSPS) is 14.0. The van der Waals surface area contributed by atoms with Crippen LogP contribution in [-0.4, -0.2) is 47.0 Å². The number of rotatable bonds is 6. The highest BCUT2D eigenvalue weighted by atomic mass is 32.1. The Hall–Kier alpha value is -3.50. The Morgan fingerprint density at radius 1 is 1.21 bits per heavy atom. The van der Waals surface area contributed by atoms with E-state index in [1.807, 2.05) is 32.0 Å². The second-order valence-corrected chi connectivity index (χ2v) is 9.05. The third-order valence-corrected chi connectivity index (χ3v) is 6.95. The molecule has 9 nitrogen and oxygen atoms in total. The SMILES string of the molecule is CCc1cccc(C)c1NC(=O)Cn1nc(-c2ccco2)c2sc(N3CCOCC3)nc2c1=O. The molecule has 1 fully saturated rings. The van der Waals surface area contributed by atoms with Crippen molar-refractivity contribution in [1.29, 1.82) is 0 Å². The summed E-state index contributed by atoms with van der Waals surface area (Å²) < 4.78 is 12.8. The van der Waals surface area contributed by atoms with Crippen molar-refractivity contribution in [2.75, 3.05) is 36.5 Å². The number of aryl methyl sites for hydroxylation is 2. The highest BCUT2D eigenvalue weighted by Crippen LogP contribution is 2.34. The van der Waals surface area contributed by atoms with Gasteiger partial charge in [-0.05, 0) is 36.6 Å². The Kier molecular flexibility index (Phi) is 6.16. The van der Waals surface area contributed by atoms with Crippen LogP contribution in [0.2, 0.25) is 0 Å². The molecule has 176 valence electrons. The zero-order chi connectivity index (χ0) is 23.7. The van der Waals surface area contributed by atoms with E-state index in [-0.39, 0.29) is 18.0 Å². The van der Waals surface area contributed by atoms with Crippen molar-refractivity contribution >= 4 is 38.3 Å². The molecule has 1 saturated heterocycles. The molecule has 1 amide bonds. The van der Waals surface area contributed by atoms with E-state index in [1.54, 1.807) is 18.4 Å². The topological polar surface area (TPSA) is 102 Å². The summed E-state index contributed by atoms with van der Waals surface area (Å²) >= 11 is 1.40.